The van der Waals surface area contributed by atoms with Crippen molar-refractivity contribution in [2.45, 2.75) is 18.9 Å². The summed E-state index contributed by atoms with van der Waals surface area (Å²) < 4.78 is 5.70. The number of hydrogen-bond donors (Lipinski definition) is 1. The van der Waals surface area contributed by atoms with Gasteiger partial charge in [0.2, 0.25) is 0 Å². The number of halogens is 1. The van der Waals surface area contributed by atoms with E-state index in [0.717, 1.165) is 25.4 Å². The van der Waals surface area contributed by atoms with Crippen LogP contribution in [-0.4, -0.2) is 44.2 Å². The van der Waals surface area contributed by atoms with Crippen molar-refractivity contribution in [1.82, 2.24) is 10.2 Å². The van der Waals surface area contributed by atoms with Crippen molar-refractivity contribution >= 4 is 11.6 Å². The van der Waals surface area contributed by atoms with Gasteiger partial charge in [-0.15, -0.1) is 0 Å². The number of piperidine rings is 1. The molecule has 2 rings (SSSR count). The summed E-state index contributed by atoms with van der Waals surface area (Å²) in [7, 11) is 2.04. The minimum Gasteiger partial charge on any atom is -0.491 e. The lowest BCUT2D eigenvalue weighted by Gasteiger charge is -2.31. The molecule has 1 fully saturated rings. The number of likely N-dealkylation sites (tertiary alicyclic amines) is 1. The molecule has 1 heterocycles. The summed E-state index contributed by atoms with van der Waals surface area (Å²) in [4.78, 5) is 2.45. The van der Waals surface area contributed by atoms with Gasteiger partial charge in [-0.2, -0.15) is 0 Å². The summed E-state index contributed by atoms with van der Waals surface area (Å²) in [6.07, 6.45) is 2.45. The maximum Gasteiger partial charge on any atom is 0.137 e. The number of para-hydroxylation sites is 1. The fourth-order valence-electron chi connectivity index (χ4n) is 2.29. The Morgan fingerprint density at radius 3 is 2.72 bits per heavy atom. The van der Waals surface area contributed by atoms with Crippen molar-refractivity contribution in [3.05, 3.63) is 29.3 Å². The topological polar surface area (TPSA) is 24.5 Å². The number of nitrogens with zero attached hydrogens (tertiary/aromatic N) is 1. The Morgan fingerprint density at radius 2 is 2.06 bits per heavy atom. The molecule has 0 atom stereocenters. The highest BCUT2D eigenvalue weighted by Crippen LogP contribution is 2.23. The van der Waals surface area contributed by atoms with E-state index in [1.165, 1.54) is 12.8 Å². The van der Waals surface area contributed by atoms with E-state index >= 15 is 0 Å². The van der Waals surface area contributed by atoms with Gasteiger partial charge in [0.25, 0.3) is 0 Å². The minimum atomic E-state index is 0.686. The van der Waals surface area contributed by atoms with E-state index in [1.54, 1.807) is 0 Å². The van der Waals surface area contributed by atoms with Crippen molar-refractivity contribution < 1.29 is 4.74 Å². The molecule has 18 heavy (non-hydrogen) atoms. The third-order valence-corrected chi connectivity index (χ3v) is 3.81. The van der Waals surface area contributed by atoms with Crippen LogP contribution in [0.4, 0.5) is 0 Å². The molecule has 0 saturated carbocycles. The SMILES string of the molecule is CNC1CCN(CCOc2ccccc2Cl)CC1. The van der Waals surface area contributed by atoms with Crippen molar-refractivity contribution in [2.24, 2.45) is 0 Å². The second-order valence-corrected chi connectivity index (χ2v) is 5.09. The first-order valence-corrected chi connectivity index (χ1v) is 6.94. The zero-order chi connectivity index (χ0) is 12.8. The molecule has 0 aromatic heterocycles. The van der Waals surface area contributed by atoms with Gasteiger partial charge in [0.05, 0.1) is 5.02 Å². The highest BCUT2D eigenvalue weighted by atomic mass is 35.5. The third kappa shape index (κ3) is 3.87. The van der Waals surface area contributed by atoms with Gasteiger partial charge in [0, 0.05) is 12.6 Å². The quantitative estimate of drug-likeness (QED) is 0.888. The fourth-order valence-corrected chi connectivity index (χ4v) is 2.48. The summed E-state index contributed by atoms with van der Waals surface area (Å²) in [5.74, 6) is 0.782. The van der Waals surface area contributed by atoms with Crippen molar-refractivity contribution in [1.29, 1.82) is 0 Å². The fraction of sp³-hybridized carbons (Fsp3) is 0.571. The average Bonchev–Trinajstić information content (AvgIpc) is 2.42. The van der Waals surface area contributed by atoms with E-state index in [2.05, 4.69) is 10.2 Å². The van der Waals surface area contributed by atoms with Crippen LogP contribution < -0.4 is 10.1 Å². The maximum atomic E-state index is 6.04. The smallest absolute Gasteiger partial charge is 0.137 e. The molecule has 1 N–H and O–H groups in total. The van der Waals surface area contributed by atoms with Crippen LogP contribution in [0.3, 0.4) is 0 Å². The molecule has 0 amide bonds. The molecule has 0 spiro atoms. The molecule has 0 bridgehead atoms. The maximum absolute atomic E-state index is 6.04. The number of ether oxygens (including phenoxy) is 1. The van der Waals surface area contributed by atoms with Gasteiger partial charge >= 0.3 is 0 Å². The van der Waals surface area contributed by atoms with Crippen LogP contribution in [0.5, 0.6) is 5.75 Å². The van der Waals surface area contributed by atoms with Crippen LogP contribution in [0, 0.1) is 0 Å². The summed E-state index contributed by atoms with van der Waals surface area (Å²) in [6.45, 7) is 3.98. The van der Waals surface area contributed by atoms with E-state index in [4.69, 9.17) is 16.3 Å². The lowest BCUT2D eigenvalue weighted by Crippen LogP contribution is -2.42. The normalized spacial score (nSPS) is 17.9. The molecule has 1 saturated heterocycles. The molecule has 0 unspecified atom stereocenters. The minimum absolute atomic E-state index is 0.686. The monoisotopic (exact) mass is 268 g/mol. The van der Waals surface area contributed by atoms with E-state index in [-0.39, 0.29) is 0 Å². The highest BCUT2D eigenvalue weighted by molar-refractivity contribution is 6.32. The first-order valence-electron chi connectivity index (χ1n) is 6.56. The predicted octanol–water partition coefficient (Wildman–Crippen LogP) is 2.40. The third-order valence-electron chi connectivity index (χ3n) is 3.50. The lowest BCUT2D eigenvalue weighted by molar-refractivity contribution is 0.167. The second kappa shape index (κ2) is 6.98. The Hall–Kier alpha value is -0.770. The van der Waals surface area contributed by atoms with E-state index < -0.39 is 0 Å². The van der Waals surface area contributed by atoms with Crippen molar-refractivity contribution in [3.8, 4) is 5.75 Å². The van der Waals surface area contributed by atoms with Crippen molar-refractivity contribution in [3.63, 3.8) is 0 Å². The lowest BCUT2D eigenvalue weighted by atomic mass is 10.1. The molecule has 1 aromatic rings. The van der Waals surface area contributed by atoms with E-state index in [9.17, 15) is 0 Å². The van der Waals surface area contributed by atoms with Crippen LogP contribution >= 0.6 is 11.6 Å². The zero-order valence-corrected chi connectivity index (χ0v) is 11.6. The van der Waals surface area contributed by atoms with Gasteiger partial charge in [-0.05, 0) is 45.1 Å². The Labute approximate surface area is 114 Å². The van der Waals surface area contributed by atoms with Crippen LogP contribution in [-0.2, 0) is 0 Å². The molecular formula is C14H21ClN2O. The van der Waals surface area contributed by atoms with Crippen LogP contribution in [0.1, 0.15) is 12.8 Å². The summed E-state index contributed by atoms with van der Waals surface area (Å²) in [5, 5.41) is 4.02. The van der Waals surface area contributed by atoms with Crippen LogP contribution in [0.15, 0.2) is 24.3 Å². The molecule has 1 aromatic carbocycles. The van der Waals surface area contributed by atoms with Gasteiger partial charge in [-0.25, -0.2) is 0 Å². The molecule has 1 aliphatic rings. The number of hydrogen-bond acceptors (Lipinski definition) is 3. The number of benzene rings is 1. The molecule has 0 aliphatic carbocycles. The molecule has 100 valence electrons. The van der Waals surface area contributed by atoms with Crippen LogP contribution in [0.2, 0.25) is 5.02 Å². The summed E-state index contributed by atoms with van der Waals surface area (Å²) in [6, 6.07) is 8.31. The molecular weight excluding hydrogens is 248 g/mol. The summed E-state index contributed by atoms with van der Waals surface area (Å²) >= 11 is 6.04. The Kier molecular flexibility index (Phi) is 5.29. The standard InChI is InChI=1S/C14H21ClN2O/c1-16-12-6-8-17(9-7-12)10-11-18-14-5-3-2-4-13(14)15/h2-5,12,16H,6-11H2,1H3. The van der Waals surface area contributed by atoms with Gasteiger partial charge < -0.3 is 10.1 Å². The van der Waals surface area contributed by atoms with Gasteiger partial charge in [0.1, 0.15) is 12.4 Å². The first kappa shape index (κ1) is 13.7. The van der Waals surface area contributed by atoms with Crippen molar-refractivity contribution in [2.75, 3.05) is 33.3 Å². The predicted molar refractivity (Wildman–Crippen MR) is 75.5 cm³/mol. The number of nitrogens with one attached hydrogen (secondary N) is 1. The van der Waals surface area contributed by atoms with Gasteiger partial charge in [-0.3, -0.25) is 4.90 Å². The second-order valence-electron chi connectivity index (χ2n) is 4.68. The molecule has 0 radical (unpaired) electrons. The van der Waals surface area contributed by atoms with Gasteiger partial charge in [-0.1, -0.05) is 23.7 Å². The van der Waals surface area contributed by atoms with Crippen LogP contribution in [0.25, 0.3) is 0 Å². The Bertz CT molecular complexity index is 365. The summed E-state index contributed by atoms with van der Waals surface area (Å²) in [5.41, 5.74) is 0. The van der Waals surface area contributed by atoms with E-state index in [0.29, 0.717) is 17.7 Å². The number of rotatable bonds is 5. The zero-order valence-electron chi connectivity index (χ0n) is 10.9. The van der Waals surface area contributed by atoms with E-state index in [1.807, 2.05) is 31.3 Å². The average molecular weight is 269 g/mol. The molecule has 4 heteroatoms. The Balaban J connectivity index is 1.69. The van der Waals surface area contributed by atoms with Gasteiger partial charge in [0.15, 0.2) is 0 Å². The highest BCUT2D eigenvalue weighted by Gasteiger charge is 2.17. The largest absolute Gasteiger partial charge is 0.491 e. The Morgan fingerprint density at radius 1 is 1.33 bits per heavy atom. The molecule has 3 nitrogen and oxygen atoms in total. The molecule has 1 aliphatic heterocycles. The first-order chi connectivity index (χ1) is 8.79.